The van der Waals surface area contributed by atoms with Crippen LogP contribution in [0.4, 0.5) is 4.79 Å². The molecule has 0 aromatic rings. The highest BCUT2D eigenvalue weighted by atomic mass is 16.4. The molecule has 0 aromatic carbocycles. The first kappa shape index (κ1) is 16.8. The van der Waals surface area contributed by atoms with Crippen molar-refractivity contribution in [1.82, 2.24) is 9.80 Å². The van der Waals surface area contributed by atoms with Crippen molar-refractivity contribution in [1.29, 1.82) is 0 Å². The second kappa shape index (κ2) is 7.50. The number of nitrogens with zero attached hydrogens (tertiary/aromatic N) is 2. The molecular weight excluding hydrogens is 256 g/mol. The van der Waals surface area contributed by atoms with Crippen molar-refractivity contribution in [3.05, 3.63) is 0 Å². The number of carboxylic acids is 1. The van der Waals surface area contributed by atoms with Gasteiger partial charge < -0.3 is 14.9 Å². The predicted octanol–water partition coefficient (Wildman–Crippen LogP) is 2.66. The summed E-state index contributed by atoms with van der Waals surface area (Å²) < 4.78 is 0. The molecule has 1 heterocycles. The first-order valence-corrected chi connectivity index (χ1v) is 7.61. The maximum Gasteiger partial charge on any atom is 0.326 e. The molecule has 116 valence electrons. The molecule has 2 amide bonds. The minimum absolute atomic E-state index is 0.146. The van der Waals surface area contributed by atoms with Crippen molar-refractivity contribution in [3.8, 4) is 0 Å². The number of likely N-dealkylation sites (tertiary alicyclic amines) is 1. The summed E-state index contributed by atoms with van der Waals surface area (Å²) in [6.45, 7) is 7.54. The van der Waals surface area contributed by atoms with E-state index < -0.39 is 12.0 Å². The van der Waals surface area contributed by atoms with E-state index in [-0.39, 0.29) is 6.03 Å². The standard InChI is InChI=1S/C15H28N2O3/c1-5-12-7-9-17(13(10-12)14(18)19)15(20)16(4)8-6-11(2)3/h11-13H,5-10H2,1-4H3,(H,18,19). The lowest BCUT2D eigenvalue weighted by molar-refractivity contribution is -0.144. The van der Waals surface area contributed by atoms with Crippen molar-refractivity contribution in [2.45, 2.75) is 52.5 Å². The fourth-order valence-corrected chi connectivity index (χ4v) is 2.64. The van der Waals surface area contributed by atoms with Gasteiger partial charge in [0.1, 0.15) is 6.04 Å². The van der Waals surface area contributed by atoms with E-state index >= 15 is 0 Å². The summed E-state index contributed by atoms with van der Waals surface area (Å²) in [6, 6.07) is -0.810. The number of hydrogen-bond acceptors (Lipinski definition) is 2. The molecule has 1 aliphatic heterocycles. The third kappa shape index (κ3) is 4.39. The van der Waals surface area contributed by atoms with Gasteiger partial charge in [0, 0.05) is 20.1 Å². The molecule has 2 unspecified atom stereocenters. The molecule has 1 fully saturated rings. The molecule has 0 radical (unpaired) electrons. The SMILES string of the molecule is CCC1CCN(C(=O)N(C)CCC(C)C)C(C(=O)O)C1. The minimum Gasteiger partial charge on any atom is -0.480 e. The van der Waals surface area contributed by atoms with Crippen molar-refractivity contribution in [2.24, 2.45) is 11.8 Å². The third-order valence-electron chi connectivity index (χ3n) is 4.19. The Morgan fingerprint density at radius 1 is 1.40 bits per heavy atom. The quantitative estimate of drug-likeness (QED) is 0.844. The zero-order valence-corrected chi connectivity index (χ0v) is 13.1. The van der Waals surface area contributed by atoms with Crippen LogP contribution in [0.5, 0.6) is 0 Å². The molecule has 0 saturated carbocycles. The molecule has 1 saturated heterocycles. The van der Waals surface area contributed by atoms with E-state index in [2.05, 4.69) is 20.8 Å². The minimum atomic E-state index is -0.881. The normalized spacial score (nSPS) is 22.9. The third-order valence-corrected chi connectivity index (χ3v) is 4.19. The Morgan fingerprint density at radius 2 is 2.05 bits per heavy atom. The summed E-state index contributed by atoms with van der Waals surface area (Å²) in [6.07, 6.45) is 3.40. The maximum absolute atomic E-state index is 12.4. The van der Waals surface area contributed by atoms with Gasteiger partial charge in [-0.15, -0.1) is 0 Å². The van der Waals surface area contributed by atoms with Crippen LogP contribution in [-0.2, 0) is 4.79 Å². The predicted molar refractivity (Wildman–Crippen MR) is 78.6 cm³/mol. The van der Waals surface area contributed by atoms with Crippen LogP contribution in [0.1, 0.15) is 46.5 Å². The van der Waals surface area contributed by atoms with E-state index in [1.807, 2.05) is 0 Å². The Morgan fingerprint density at radius 3 is 2.55 bits per heavy atom. The number of rotatable bonds is 5. The summed E-state index contributed by atoms with van der Waals surface area (Å²) >= 11 is 0. The Balaban J connectivity index is 2.67. The van der Waals surface area contributed by atoms with Gasteiger partial charge in [-0.05, 0) is 31.1 Å². The molecular formula is C15H28N2O3. The van der Waals surface area contributed by atoms with Gasteiger partial charge in [-0.25, -0.2) is 9.59 Å². The Bertz CT molecular complexity index is 344. The highest BCUT2D eigenvalue weighted by Gasteiger charge is 2.36. The number of aliphatic carboxylic acids is 1. The zero-order chi connectivity index (χ0) is 15.3. The molecule has 1 aliphatic rings. The average Bonchev–Trinajstić information content (AvgIpc) is 2.43. The second-order valence-electron chi connectivity index (χ2n) is 6.23. The summed E-state index contributed by atoms with van der Waals surface area (Å²) in [5.41, 5.74) is 0. The fraction of sp³-hybridized carbons (Fsp3) is 0.867. The second-order valence-corrected chi connectivity index (χ2v) is 6.23. The van der Waals surface area contributed by atoms with Crippen LogP contribution in [0.3, 0.4) is 0 Å². The van der Waals surface area contributed by atoms with Gasteiger partial charge >= 0.3 is 12.0 Å². The highest BCUT2D eigenvalue weighted by molar-refractivity contribution is 5.82. The van der Waals surface area contributed by atoms with E-state index in [4.69, 9.17) is 0 Å². The van der Waals surface area contributed by atoms with Gasteiger partial charge in [0.15, 0.2) is 0 Å². The molecule has 5 heteroatoms. The van der Waals surface area contributed by atoms with Crippen LogP contribution in [0.2, 0.25) is 0 Å². The van der Waals surface area contributed by atoms with E-state index in [0.717, 1.165) is 19.3 Å². The summed E-state index contributed by atoms with van der Waals surface area (Å²) in [4.78, 5) is 27.0. The molecule has 20 heavy (non-hydrogen) atoms. The van der Waals surface area contributed by atoms with Gasteiger partial charge in [0.05, 0.1) is 0 Å². The number of carbonyl (C=O) groups is 2. The smallest absolute Gasteiger partial charge is 0.326 e. The van der Waals surface area contributed by atoms with Crippen LogP contribution >= 0.6 is 0 Å². The van der Waals surface area contributed by atoms with Gasteiger partial charge in [-0.2, -0.15) is 0 Å². The van der Waals surface area contributed by atoms with E-state index in [9.17, 15) is 14.7 Å². The van der Waals surface area contributed by atoms with Crippen LogP contribution < -0.4 is 0 Å². The van der Waals surface area contributed by atoms with Crippen molar-refractivity contribution >= 4 is 12.0 Å². The van der Waals surface area contributed by atoms with Crippen LogP contribution in [0.25, 0.3) is 0 Å². The first-order chi connectivity index (χ1) is 9.36. The number of piperidine rings is 1. The molecule has 0 aliphatic carbocycles. The average molecular weight is 284 g/mol. The van der Waals surface area contributed by atoms with Crippen molar-refractivity contribution in [3.63, 3.8) is 0 Å². The summed E-state index contributed by atoms with van der Waals surface area (Å²) in [5, 5.41) is 9.36. The van der Waals surface area contributed by atoms with Crippen LogP contribution in [0.15, 0.2) is 0 Å². The molecule has 1 N–H and O–H groups in total. The van der Waals surface area contributed by atoms with Gasteiger partial charge in [-0.3, -0.25) is 0 Å². The van der Waals surface area contributed by atoms with E-state index in [0.29, 0.717) is 31.3 Å². The molecule has 0 spiro atoms. The maximum atomic E-state index is 12.4. The number of urea groups is 1. The molecule has 5 nitrogen and oxygen atoms in total. The van der Waals surface area contributed by atoms with Gasteiger partial charge in [-0.1, -0.05) is 27.2 Å². The lowest BCUT2D eigenvalue weighted by Gasteiger charge is -2.39. The van der Waals surface area contributed by atoms with Crippen LogP contribution in [-0.4, -0.2) is 53.1 Å². The summed E-state index contributed by atoms with van der Waals surface area (Å²) in [7, 11) is 1.76. The van der Waals surface area contributed by atoms with E-state index in [1.54, 1.807) is 11.9 Å². The largest absolute Gasteiger partial charge is 0.480 e. The first-order valence-electron chi connectivity index (χ1n) is 7.61. The van der Waals surface area contributed by atoms with Crippen LogP contribution in [0, 0.1) is 11.8 Å². The van der Waals surface area contributed by atoms with Crippen molar-refractivity contribution < 1.29 is 14.7 Å². The molecule has 0 bridgehead atoms. The lowest BCUT2D eigenvalue weighted by Crippen LogP contribution is -2.54. The monoisotopic (exact) mass is 284 g/mol. The number of hydrogen-bond donors (Lipinski definition) is 1. The Hall–Kier alpha value is -1.26. The van der Waals surface area contributed by atoms with Crippen molar-refractivity contribution in [2.75, 3.05) is 20.1 Å². The van der Waals surface area contributed by atoms with Gasteiger partial charge in [0.25, 0.3) is 0 Å². The molecule has 0 aromatic heterocycles. The topological polar surface area (TPSA) is 60.9 Å². The molecule has 1 rings (SSSR count). The van der Waals surface area contributed by atoms with Gasteiger partial charge in [0.2, 0.25) is 0 Å². The zero-order valence-electron chi connectivity index (χ0n) is 13.1. The lowest BCUT2D eigenvalue weighted by atomic mass is 9.89. The number of amides is 2. The molecule has 2 atom stereocenters. The van der Waals surface area contributed by atoms with E-state index in [1.165, 1.54) is 4.90 Å². The fourth-order valence-electron chi connectivity index (χ4n) is 2.64. The Kier molecular flexibility index (Phi) is 6.30. The Labute approximate surface area is 121 Å². The number of carbonyl (C=O) groups excluding carboxylic acids is 1. The number of carboxylic acid groups (broad SMARTS) is 1. The highest BCUT2D eigenvalue weighted by Crippen LogP contribution is 2.26. The summed E-state index contributed by atoms with van der Waals surface area (Å²) in [5.74, 6) is 0.0706.